The van der Waals surface area contributed by atoms with E-state index < -0.39 is 9.84 Å². The third kappa shape index (κ3) is 3.66. The lowest BCUT2D eigenvalue weighted by Crippen LogP contribution is -2.16. The van der Waals surface area contributed by atoms with Crippen molar-refractivity contribution in [2.75, 3.05) is 11.5 Å². The van der Waals surface area contributed by atoms with Crippen LogP contribution < -0.4 is 0 Å². The summed E-state index contributed by atoms with van der Waals surface area (Å²) in [7, 11) is -2.88. The third-order valence-corrected chi connectivity index (χ3v) is 4.11. The minimum absolute atomic E-state index is 0.212. The Balaban J connectivity index is 2.57. The molecule has 0 aromatic carbocycles. The van der Waals surface area contributed by atoms with Crippen LogP contribution in [0.1, 0.15) is 26.1 Å². The summed E-state index contributed by atoms with van der Waals surface area (Å²) in [5.74, 6) is 1.44. The van der Waals surface area contributed by atoms with E-state index in [2.05, 4.69) is 4.98 Å². The van der Waals surface area contributed by atoms with Crippen LogP contribution in [0, 0.1) is 0 Å². The van der Waals surface area contributed by atoms with Crippen molar-refractivity contribution in [3.8, 4) is 0 Å². The number of imidazole rings is 1. The van der Waals surface area contributed by atoms with Gasteiger partial charge in [0.25, 0.3) is 0 Å². The van der Waals surface area contributed by atoms with Gasteiger partial charge in [0.2, 0.25) is 0 Å². The quantitative estimate of drug-likeness (QED) is 0.739. The average Bonchev–Trinajstić information content (AvgIpc) is 2.62. The fourth-order valence-electron chi connectivity index (χ4n) is 1.51. The lowest BCUT2D eigenvalue weighted by atomic mass is 10.4. The Morgan fingerprint density at radius 3 is 2.67 bits per heavy atom. The Morgan fingerprint density at radius 2 is 2.07 bits per heavy atom. The first-order valence-corrected chi connectivity index (χ1v) is 7.11. The Hall–Kier alpha value is -0.840. The first-order chi connectivity index (χ1) is 7.09. The highest BCUT2D eigenvalue weighted by molar-refractivity contribution is 7.91. The molecule has 1 heterocycles. The lowest BCUT2D eigenvalue weighted by molar-refractivity contribution is 0.585. The molecule has 0 saturated heterocycles. The SMILES string of the molecule is CCCS(=O)(=O)CCn1ccnc1CC. The molecule has 0 amide bonds. The smallest absolute Gasteiger partial charge is 0.152 e. The van der Waals surface area contributed by atoms with E-state index in [0.717, 1.165) is 12.2 Å². The van der Waals surface area contributed by atoms with Gasteiger partial charge in [-0.3, -0.25) is 0 Å². The summed E-state index contributed by atoms with van der Waals surface area (Å²) in [6, 6.07) is 0. The molecule has 0 aliphatic rings. The van der Waals surface area contributed by atoms with E-state index in [9.17, 15) is 8.42 Å². The molecule has 15 heavy (non-hydrogen) atoms. The monoisotopic (exact) mass is 230 g/mol. The fourth-order valence-corrected chi connectivity index (χ4v) is 2.81. The van der Waals surface area contributed by atoms with Crippen molar-refractivity contribution >= 4 is 9.84 Å². The molecule has 0 aliphatic carbocycles. The molecule has 0 unspecified atom stereocenters. The molecule has 0 bridgehead atoms. The van der Waals surface area contributed by atoms with Crippen molar-refractivity contribution in [1.29, 1.82) is 0 Å². The Kier molecular flexibility index (Phi) is 4.32. The van der Waals surface area contributed by atoms with Crippen molar-refractivity contribution in [1.82, 2.24) is 9.55 Å². The van der Waals surface area contributed by atoms with Crippen LogP contribution >= 0.6 is 0 Å². The molecular weight excluding hydrogens is 212 g/mol. The molecule has 1 aromatic heterocycles. The summed E-state index contributed by atoms with van der Waals surface area (Å²) in [4.78, 5) is 4.15. The zero-order valence-corrected chi connectivity index (χ0v) is 10.1. The maximum Gasteiger partial charge on any atom is 0.152 e. The molecule has 0 atom stereocenters. The van der Waals surface area contributed by atoms with Gasteiger partial charge < -0.3 is 4.57 Å². The zero-order valence-electron chi connectivity index (χ0n) is 9.31. The maximum absolute atomic E-state index is 11.5. The largest absolute Gasteiger partial charge is 0.334 e. The molecule has 5 heteroatoms. The molecule has 0 N–H and O–H groups in total. The van der Waals surface area contributed by atoms with Gasteiger partial charge in [-0.2, -0.15) is 0 Å². The number of hydrogen-bond donors (Lipinski definition) is 0. The van der Waals surface area contributed by atoms with Gasteiger partial charge in [0, 0.05) is 31.1 Å². The van der Waals surface area contributed by atoms with Gasteiger partial charge in [0.15, 0.2) is 9.84 Å². The molecular formula is C10H18N2O2S. The van der Waals surface area contributed by atoms with Crippen LogP contribution in [0.25, 0.3) is 0 Å². The second-order valence-corrected chi connectivity index (χ2v) is 5.85. The van der Waals surface area contributed by atoms with Crippen molar-refractivity contribution in [2.45, 2.75) is 33.2 Å². The van der Waals surface area contributed by atoms with Crippen molar-refractivity contribution in [2.24, 2.45) is 0 Å². The van der Waals surface area contributed by atoms with Crippen LogP contribution in [0.4, 0.5) is 0 Å². The number of sulfone groups is 1. The number of aromatic nitrogens is 2. The first kappa shape index (κ1) is 12.2. The highest BCUT2D eigenvalue weighted by Crippen LogP contribution is 2.01. The van der Waals surface area contributed by atoms with Gasteiger partial charge >= 0.3 is 0 Å². The van der Waals surface area contributed by atoms with Crippen molar-refractivity contribution < 1.29 is 8.42 Å². The molecule has 86 valence electrons. The normalized spacial score (nSPS) is 11.9. The minimum Gasteiger partial charge on any atom is -0.334 e. The molecule has 0 saturated carbocycles. The van der Waals surface area contributed by atoms with E-state index >= 15 is 0 Å². The summed E-state index contributed by atoms with van der Waals surface area (Å²) in [5, 5.41) is 0. The van der Waals surface area contributed by atoms with Gasteiger partial charge in [-0.05, 0) is 6.42 Å². The highest BCUT2D eigenvalue weighted by atomic mass is 32.2. The minimum atomic E-state index is -2.88. The molecule has 1 rings (SSSR count). The molecule has 4 nitrogen and oxygen atoms in total. The van der Waals surface area contributed by atoms with Crippen molar-refractivity contribution in [3.63, 3.8) is 0 Å². The van der Waals surface area contributed by atoms with Crippen LogP contribution in [0.5, 0.6) is 0 Å². The second-order valence-electron chi connectivity index (χ2n) is 3.54. The fraction of sp³-hybridized carbons (Fsp3) is 0.700. The Bertz CT molecular complexity index is 395. The first-order valence-electron chi connectivity index (χ1n) is 5.29. The summed E-state index contributed by atoms with van der Waals surface area (Å²) in [6.45, 7) is 4.41. The van der Waals surface area contributed by atoms with Crippen molar-refractivity contribution in [3.05, 3.63) is 18.2 Å². The number of hydrogen-bond acceptors (Lipinski definition) is 3. The number of aryl methyl sites for hydroxylation is 2. The van der Waals surface area contributed by atoms with Gasteiger partial charge in [0.05, 0.1) is 5.75 Å². The third-order valence-electron chi connectivity index (χ3n) is 2.28. The molecule has 0 radical (unpaired) electrons. The van der Waals surface area contributed by atoms with E-state index in [4.69, 9.17) is 0 Å². The molecule has 0 fully saturated rings. The summed E-state index contributed by atoms with van der Waals surface area (Å²) in [6.07, 6.45) is 5.07. The summed E-state index contributed by atoms with van der Waals surface area (Å²) >= 11 is 0. The molecule has 0 spiro atoms. The predicted octanol–water partition coefficient (Wildman–Crippen LogP) is 1.27. The highest BCUT2D eigenvalue weighted by Gasteiger charge is 2.10. The van der Waals surface area contributed by atoms with E-state index in [1.165, 1.54) is 0 Å². The van der Waals surface area contributed by atoms with Crippen LogP contribution in [0.15, 0.2) is 12.4 Å². The van der Waals surface area contributed by atoms with E-state index in [1.54, 1.807) is 6.20 Å². The topological polar surface area (TPSA) is 52.0 Å². The van der Waals surface area contributed by atoms with Gasteiger partial charge in [-0.25, -0.2) is 13.4 Å². The number of nitrogens with zero attached hydrogens (tertiary/aromatic N) is 2. The maximum atomic E-state index is 11.5. The lowest BCUT2D eigenvalue weighted by Gasteiger charge is -2.06. The molecule has 0 aliphatic heterocycles. The second kappa shape index (κ2) is 5.30. The average molecular weight is 230 g/mol. The number of rotatable bonds is 6. The van der Waals surface area contributed by atoms with Crippen LogP contribution in [-0.4, -0.2) is 29.5 Å². The van der Waals surface area contributed by atoms with Gasteiger partial charge in [-0.1, -0.05) is 13.8 Å². The van der Waals surface area contributed by atoms with Gasteiger partial charge in [-0.15, -0.1) is 0 Å². The van der Waals surface area contributed by atoms with Gasteiger partial charge in [0.1, 0.15) is 5.82 Å². The summed E-state index contributed by atoms with van der Waals surface area (Å²) in [5.41, 5.74) is 0. The Labute approximate surface area is 91.3 Å². The predicted molar refractivity (Wildman–Crippen MR) is 60.5 cm³/mol. The van der Waals surface area contributed by atoms with Crippen LogP contribution in [-0.2, 0) is 22.8 Å². The zero-order chi connectivity index (χ0) is 11.3. The standard InChI is InChI=1S/C10H18N2O2S/c1-3-8-15(13,14)9-7-12-6-5-11-10(12)4-2/h5-6H,3-4,7-9H2,1-2H3. The van der Waals surface area contributed by atoms with E-state index in [-0.39, 0.29) is 11.5 Å². The van der Waals surface area contributed by atoms with Crippen LogP contribution in [0.2, 0.25) is 0 Å². The van der Waals surface area contributed by atoms with E-state index in [0.29, 0.717) is 13.0 Å². The molecule has 1 aromatic rings. The summed E-state index contributed by atoms with van der Waals surface area (Å²) < 4.78 is 24.9. The Morgan fingerprint density at radius 1 is 1.33 bits per heavy atom. The van der Waals surface area contributed by atoms with E-state index in [1.807, 2.05) is 24.6 Å². The van der Waals surface area contributed by atoms with Crippen LogP contribution in [0.3, 0.4) is 0 Å².